The number of rotatable bonds is 6. The minimum atomic E-state index is -0.339. The third-order valence-electron chi connectivity index (χ3n) is 3.22. The van der Waals surface area contributed by atoms with Gasteiger partial charge in [0.25, 0.3) is 5.91 Å². The Hall–Kier alpha value is -1.89. The highest BCUT2D eigenvalue weighted by Crippen LogP contribution is 2.13. The monoisotopic (exact) mass is 423 g/mol. The maximum Gasteiger partial charge on any atom is 0.338 e. The Bertz CT molecular complexity index is 666. The van der Waals surface area contributed by atoms with Gasteiger partial charge < -0.3 is 10.1 Å². The molecule has 0 unspecified atom stereocenters. The van der Waals surface area contributed by atoms with Crippen molar-refractivity contribution in [2.45, 2.75) is 19.8 Å². The van der Waals surface area contributed by atoms with Crippen LogP contribution in [0.4, 0.5) is 5.69 Å². The Morgan fingerprint density at radius 2 is 1.61 bits per heavy atom. The van der Waals surface area contributed by atoms with Crippen molar-refractivity contribution in [3.05, 3.63) is 63.2 Å². The molecule has 23 heavy (non-hydrogen) atoms. The summed E-state index contributed by atoms with van der Waals surface area (Å²) in [4.78, 5) is 23.9. The van der Waals surface area contributed by atoms with Gasteiger partial charge in [0.05, 0.1) is 12.2 Å². The molecule has 0 heterocycles. The normalized spacial score (nSPS) is 10.2. The summed E-state index contributed by atoms with van der Waals surface area (Å²) < 4.78 is 6.22. The summed E-state index contributed by atoms with van der Waals surface area (Å²) in [7, 11) is 0. The van der Waals surface area contributed by atoms with Crippen molar-refractivity contribution in [3.63, 3.8) is 0 Å². The van der Waals surface area contributed by atoms with E-state index in [1.165, 1.54) is 0 Å². The van der Waals surface area contributed by atoms with Gasteiger partial charge in [-0.3, -0.25) is 4.79 Å². The predicted molar refractivity (Wildman–Crippen MR) is 98.7 cm³/mol. The SMILES string of the molecule is CCCCOC(=O)c1ccc(NC(=O)c2ccc(I)cc2)cc1. The van der Waals surface area contributed by atoms with Crippen LogP contribution in [-0.4, -0.2) is 18.5 Å². The minimum absolute atomic E-state index is 0.181. The Labute approximate surface area is 149 Å². The summed E-state index contributed by atoms with van der Waals surface area (Å²) in [6, 6.07) is 14.0. The van der Waals surface area contributed by atoms with Gasteiger partial charge in [-0.05, 0) is 77.5 Å². The molecule has 0 bridgehead atoms. The summed E-state index contributed by atoms with van der Waals surface area (Å²) in [5, 5.41) is 2.80. The fourth-order valence-corrected chi connectivity index (χ4v) is 2.25. The fourth-order valence-electron chi connectivity index (χ4n) is 1.89. The smallest absolute Gasteiger partial charge is 0.338 e. The number of ether oxygens (including phenoxy) is 1. The van der Waals surface area contributed by atoms with E-state index >= 15 is 0 Å². The van der Waals surface area contributed by atoms with Crippen LogP contribution in [0.25, 0.3) is 0 Å². The highest BCUT2D eigenvalue weighted by molar-refractivity contribution is 14.1. The van der Waals surface area contributed by atoms with Crippen LogP contribution in [0.1, 0.15) is 40.5 Å². The van der Waals surface area contributed by atoms with Crippen LogP contribution in [0.15, 0.2) is 48.5 Å². The van der Waals surface area contributed by atoms with E-state index in [0.717, 1.165) is 16.4 Å². The number of unbranched alkanes of at least 4 members (excludes halogenated alkanes) is 1. The van der Waals surface area contributed by atoms with Gasteiger partial charge in [0.15, 0.2) is 0 Å². The van der Waals surface area contributed by atoms with Crippen LogP contribution < -0.4 is 5.32 Å². The van der Waals surface area contributed by atoms with Crippen LogP contribution in [0.5, 0.6) is 0 Å². The molecule has 1 amide bonds. The zero-order valence-corrected chi connectivity index (χ0v) is 15.0. The van der Waals surface area contributed by atoms with Crippen molar-refractivity contribution in [2.75, 3.05) is 11.9 Å². The number of carbonyl (C=O) groups excluding carboxylic acids is 2. The molecular formula is C18H18INO3. The first-order valence-corrected chi connectivity index (χ1v) is 8.52. The third-order valence-corrected chi connectivity index (χ3v) is 3.94. The van der Waals surface area contributed by atoms with Crippen LogP contribution in [-0.2, 0) is 4.74 Å². The predicted octanol–water partition coefficient (Wildman–Crippen LogP) is 4.50. The number of hydrogen-bond acceptors (Lipinski definition) is 3. The molecule has 5 heteroatoms. The lowest BCUT2D eigenvalue weighted by Crippen LogP contribution is -2.12. The molecule has 0 fully saturated rings. The van der Waals surface area contributed by atoms with Crippen molar-refractivity contribution < 1.29 is 14.3 Å². The highest BCUT2D eigenvalue weighted by Gasteiger charge is 2.09. The van der Waals surface area contributed by atoms with Gasteiger partial charge >= 0.3 is 5.97 Å². The maximum atomic E-state index is 12.1. The second-order valence-electron chi connectivity index (χ2n) is 5.03. The van der Waals surface area contributed by atoms with Gasteiger partial charge in [-0.1, -0.05) is 13.3 Å². The third kappa shape index (κ3) is 5.35. The quantitative estimate of drug-likeness (QED) is 0.423. The van der Waals surface area contributed by atoms with Crippen molar-refractivity contribution in [2.24, 2.45) is 0 Å². The maximum absolute atomic E-state index is 12.1. The van der Waals surface area contributed by atoms with Gasteiger partial charge in [0, 0.05) is 14.8 Å². The first-order chi connectivity index (χ1) is 11.1. The van der Waals surface area contributed by atoms with Gasteiger partial charge in [0.2, 0.25) is 0 Å². The highest BCUT2D eigenvalue weighted by atomic mass is 127. The van der Waals surface area contributed by atoms with E-state index in [1.54, 1.807) is 36.4 Å². The molecule has 0 aliphatic carbocycles. The van der Waals surface area contributed by atoms with Crippen LogP contribution >= 0.6 is 22.6 Å². The number of anilines is 1. The zero-order valence-electron chi connectivity index (χ0n) is 12.8. The molecule has 120 valence electrons. The molecular weight excluding hydrogens is 405 g/mol. The Morgan fingerprint density at radius 3 is 2.22 bits per heavy atom. The topological polar surface area (TPSA) is 55.4 Å². The largest absolute Gasteiger partial charge is 0.462 e. The number of amides is 1. The first kappa shape index (κ1) is 17.5. The molecule has 0 aliphatic heterocycles. The van der Waals surface area contributed by atoms with Crippen LogP contribution in [0, 0.1) is 3.57 Å². The molecule has 1 N–H and O–H groups in total. The van der Waals surface area contributed by atoms with E-state index in [0.29, 0.717) is 23.4 Å². The van der Waals surface area contributed by atoms with E-state index in [2.05, 4.69) is 27.9 Å². The average Bonchev–Trinajstić information content (AvgIpc) is 2.56. The number of esters is 1. The molecule has 4 nitrogen and oxygen atoms in total. The zero-order chi connectivity index (χ0) is 16.7. The van der Waals surface area contributed by atoms with Crippen molar-refractivity contribution in [1.29, 1.82) is 0 Å². The molecule has 0 atom stereocenters. The second-order valence-corrected chi connectivity index (χ2v) is 6.27. The Morgan fingerprint density at radius 1 is 1.00 bits per heavy atom. The Kier molecular flexibility index (Phi) is 6.58. The van der Waals surface area contributed by atoms with Crippen molar-refractivity contribution in [1.82, 2.24) is 0 Å². The molecule has 0 spiro atoms. The lowest BCUT2D eigenvalue weighted by atomic mass is 10.2. The standard InChI is InChI=1S/C18H18INO3/c1-2-3-12-23-18(22)14-6-10-16(11-7-14)20-17(21)13-4-8-15(19)9-5-13/h4-11H,2-3,12H2,1H3,(H,20,21). The number of benzene rings is 2. The summed E-state index contributed by atoms with van der Waals surface area (Å²) in [5.74, 6) is -0.520. The number of hydrogen-bond donors (Lipinski definition) is 1. The number of nitrogens with one attached hydrogen (secondary N) is 1. The molecule has 0 saturated heterocycles. The van der Waals surface area contributed by atoms with E-state index in [9.17, 15) is 9.59 Å². The summed E-state index contributed by atoms with van der Waals surface area (Å²) in [6.45, 7) is 2.47. The first-order valence-electron chi connectivity index (χ1n) is 7.44. The van der Waals surface area contributed by atoms with E-state index in [-0.39, 0.29) is 11.9 Å². The average molecular weight is 423 g/mol. The molecule has 2 rings (SSSR count). The van der Waals surface area contributed by atoms with Crippen molar-refractivity contribution in [3.8, 4) is 0 Å². The second kappa shape index (κ2) is 8.67. The molecule has 0 saturated carbocycles. The van der Waals surface area contributed by atoms with Gasteiger partial charge in [-0.25, -0.2) is 4.79 Å². The molecule has 2 aromatic rings. The van der Waals surface area contributed by atoms with Crippen molar-refractivity contribution >= 4 is 40.2 Å². The van der Waals surface area contributed by atoms with Crippen LogP contribution in [0.2, 0.25) is 0 Å². The molecule has 0 aromatic heterocycles. The molecule has 0 aliphatic rings. The van der Waals surface area contributed by atoms with E-state index in [1.807, 2.05) is 19.1 Å². The van der Waals surface area contributed by atoms with Gasteiger partial charge in [-0.15, -0.1) is 0 Å². The summed E-state index contributed by atoms with van der Waals surface area (Å²) in [5.41, 5.74) is 1.71. The Balaban J connectivity index is 1.95. The van der Waals surface area contributed by atoms with E-state index in [4.69, 9.17) is 4.74 Å². The number of halogens is 1. The van der Waals surface area contributed by atoms with Crippen LogP contribution in [0.3, 0.4) is 0 Å². The van der Waals surface area contributed by atoms with E-state index < -0.39 is 0 Å². The minimum Gasteiger partial charge on any atom is -0.462 e. The fraction of sp³-hybridized carbons (Fsp3) is 0.222. The lowest BCUT2D eigenvalue weighted by Gasteiger charge is -2.07. The molecule has 0 radical (unpaired) electrons. The summed E-state index contributed by atoms with van der Waals surface area (Å²) >= 11 is 2.19. The number of carbonyl (C=O) groups is 2. The van der Waals surface area contributed by atoms with Gasteiger partial charge in [-0.2, -0.15) is 0 Å². The molecule has 2 aromatic carbocycles. The lowest BCUT2D eigenvalue weighted by molar-refractivity contribution is 0.0499. The summed E-state index contributed by atoms with van der Waals surface area (Å²) in [6.07, 6.45) is 1.84. The van der Waals surface area contributed by atoms with Gasteiger partial charge in [0.1, 0.15) is 0 Å².